The van der Waals surface area contributed by atoms with Crippen LogP contribution in [0, 0.1) is 0 Å². The van der Waals surface area contributed by atoms with E-state index in [9.17, 15) is 0 Å². The largest absolute Gasteiger partial charge is 0.456 e. The molecular weight excluding hydrogens is 601 g/mol. The van der Waals surface area contributed by atoms with Crippen LogP contribution in [0.2, 0.25) is 0 Å². The summed E-state index contributed by atoms with van der Waals surface area (Å²) in [6, 6.07) is 55.3. The number of para-hydroxylation sites is 6. The molecule has 4 heterocycles. The first-order valence-corrected chi connectivity index (χ1v) is 16.5. The van der Waals surface area contributed by atoms with Crippen LogP contribution in [-0.2, 0) is 0 Å². The van der Waals surface area contributed by atoms with Crippen LogP contribution in [0.3, 0.4) is 0 Å². The number of furan rings is 1. The molecule has 7 aromatic carbocycles. The molecule has 0 N–H and O–H groups in total. The summed E-state index contributed by atoms with van der Waals surface area (Å²) >= 11 is 0. The maximum Gasteiger partial charge on any atom is 0.165 e. The van der Waals surface area contributed by atoms with Gasteiger partial charge in [-0.05, 0) is 66.7 Å². The van der Waals surface area contributed by atoms with E-state index < -0.39 is 0 Å². The predicted molar refractivity (Wildman–Crippen MR) is 201 cm³/mol. The van der Waals surface area contributed by atoms with Gasteiger partial charge < -0.3 is 8.98 Å². The van der Waals surface area contributed by atoms with Crippen LogP contribution in [0.15, 0.2) is 162 Å². The summed E-state index contributed by atoms with van der Waals surface area (Å²) in [6.45, 7) is 0. The Bertz CT molecular complexity index is 3110. The van der Waals surface area contributed by atoms with Gasteiger partial charge in [-0.15, -0.1) is 0 Å². The number of aromatic nitrogens is 4. The summed E-state index contributed by atoms with van der Waals surface area (Å²) < 4.78 is 11.0. The Morgan fingerprint density at radius 2 is 0.959 bits per heavy atom. The summed E-state index contributed by atoms with van der Waals surface area (Å²) in [7, 11) is 0. The average Bonchev–Trinajstić information content (AvgIpc) is 3.80. The van der Waals surface area contributed by atoms with Crippen LogP contribution in [0.25, 0.3) is 99.3 Å². The van der Waals surface area contributed by atoms with E-state index in [0.717, 1.165) is 77.5 Å². The Hall–Kier alpha value is -6.72. The standard InChI is InChI=1S/C44H26N4O/c1-2-12-28(13-3-1)47-37-19-9-4-14-29(37)33-26-40-34(25-39(33)47)30-15-5-10-20-38(30)48(40)44-43(45-35-17-7-8-18-36(35)46-44)27-22-23-32-31-16-6-11-21-41(31)49-42(32)24-27/h1-26H. The Morgan fingerprint density at radius 1 is 0.388 bits per heavy atom. The molecule has 5 nitrogen and oxygen atoms in total. The van der Waals surface area contributed by atoms with Crippen LogP contribution in [0.5, 0.6) is 0 Å². The van der Waals surface area contributed by atoms with E-state index in [1.54, 1.807) is 0 Å². The van der Waals surface area contributed by atoms with E-state index >= 15 is 0 Å². The highest BCUT2D eigenvalue weighted by Crippen LogP contribution is 2.41. The Labute approximate surface area is 279 Å². The zero-order valence-corrected chi connectivity index (χ0v) is 26.2. The SMILES string of the molecule is c1ccc(-n2c3ccccc3c3cc4c(cc32)c2ccccc2n4-c2nc3ccccc3nc2-c2ccc3c(c2)oc2ccccc23)cc1. The molecule has 0 aliphatic carbocycles. The maximum atomic E-state index is 6.34. The number of benzene rings is 7. The van der Waals surface area contributed by atoms with Crippen LogP contribution < -0.4 is 0 Å². The normalized spacial score (nSPS) is 12.1. The summed E-state index contributed by atoms with van der Waals surface area (Å²) in [5.74, 6) is 0.784. The number of nitrogens with zero attached hydrogens (tertiary/aromatic N) is 4. The van der Waals surface area contributed by atoms with E-state index in [-0.39, 0.29) is 0 Å². The minimum atomic E-state index is 0.784. The molecule has 0 fully saturated rings. The van der Waals surface area contributed by atoms with Crippen molar-refractivity contribution < 1.29 is 4.42 Å². The molecule has 5 heteroatoms. The highest BCUT2D eigenvalue weighted by atomic mass is 16.3. The van der Waals surface area contributed by atoms with Crippen molar-refractivity contribution in [3.63, 3.8) is 0 Å². The lowest BCUT2D eigenvalue weighted by Gasteiger charge is -2.14. The van der Waals surface area contributed by atoms with Gasteiger partial charge in [0.05, 0.1) is 33.1 Å². The van der Waals surface area contributed by atoms with Crippen LogP contribution >= 0.6 is 0 Å². The lowest BCUT2D eigenvalue weighted by atomic mass is 10.1. The monoisotopic (exact) mass is 626 g/mol. The van der Waals surface area contributed by atoms with Crippen molar-refractivity contribution in [2.24, 2.45) is 0 Å². The van der Waals surface area contributed by atoms with Gasteiger partial charge >= 0.3 is 0 Å². The van der Waals surface area contributed by atoms with Gasteiger partial charge in [0.25, 0.3) is 0 Å². The molecule has 0 saturated heterocycles. The Kier molecular flexibility index (Phi) is 5.32. The van der Waals surface area contributed by atoms with Crippen molar-refractivity contribution in [3.05, 3.63) is 158 Å². The number of fused-ring (bicyclic) bond motifs is 10. The van der Waals surface area contributed by atoms with Crippen LogP contribution in [-0.4, -0.2) is 19.1 Å². The lowest BCUT2D eigenvalue weighted by molar-refractivity contribution is 0.669. The lowest BCUT2D eigenvalue weighted by Crippen LogP contribution is -2.03. The molecule has 0 bridgehead atoms. The van der Waals surface area contributed by atoms with Gasteiger partial charge in [-0.25, -0.2) is 9.97 Å². The molecule has 0 aliphatic rings. The van der Waals surface area contributed by atoms with Crippen LogP contribution in [0.4, 0.5) is 0 Å². The van der Waals surface area contributed by atoms with Gasteiger partial charge in [-0.2, -0.15) is 0 Å². The third-order valence-corrected chi connectivity index (χ3v) is 9.90. The fourth-order valence-electron chi connectivity index (χ4n) is 7.73. The highest BCUT2D eigenvalue weighted by molar-refractivity contribution is 6.19. The fourth-order valence-corrected chi connectivity index (χ4v) is 7.73. The molecule has 0 atom stereocenters. The average molecular weight is 627 g/mol. The van der Waals surface area contributed by atoms with Crippen molar-refractivity contribution in [1.29, 1.82) is 0 Å². The molecule has 11 rings (SSSR count). The van der Waals surface area contributed by atoms with Gasteiger partial charge in [0.2, 0.25) is 0 Å². The molecule has 0 unspecified atom stereocenters. The van der Waals surface area contributed by atoms with Crippen molar-refractivity contribution in [3.8, 4) is 22.8 Å². The minimum Gasteiger partial charge on any atom is -0.456 e. The first-order valence-electron chi connectivity index (χ1n) is 16.5. The topological polar surface area (TPSA) is 48.8 Å². The summed E-state index contributed by atoms with van der Waals surface area (Å²) in [5, 5.41) is 6.92. The van der Waals surface area contributed by atoms with Gasteiger partial charge in [-0.1, -0.05) is 91.0 Å². The van der Waals surface area contributed by atoms with Gasteiger partial charge in [0.1, 0.15) is 16.9 Å². The zero-order valence-electron chi connectivity index (χ0n) is 26.2. The molecule has 228 valence electrons. The molecule has 0 radical (unpaired) electrons. The van der Waals surface area contributed by atoms with Crippen molar-refractivity contribution >= 4 is 76.6 Å². The molecule has 49 heavy (non-hydrogen) atoms. The fraction of sp³-hybridized carbons (Fsp3) is 0. The van der Waals surface area contributed by atoms with Crippen molar-refractivity contribution in [2.45, 2.75) is 0 Å². The van der Waals surface area contributed by atoms with Gasteiger partial charge in [-0.3, -0.25) is 4.57 Å². The molecule has 0 aliphatic heterocycles. The quantitative estimate of drug-likeness (QED) is 0.196. The second-order valence-electron chi connectivity index (χ2n) is 12.6. The first-order chi connectivity index (χ1) is 24.3. The van der Waals surface area contributed by atoms with Crippen LogP contribution in [0.1, 0.15) is 0 Å². The molecule has 0 amide bonds. The van der Waals surface area contributed by atoms with Crippen molar-refractivity contribution in [2.75, 3.05) is 0 Å². The van der Waals surface area contributed by atoms with Crippen molar-refractivity contribution in [1.82, 2.24) is 19.1 Å². The smallest absolute Gasteiger partial charge is 0.165 e. The Balaban J connectivity index is 1.26. The molecule has 4 aromatic heterocycles. The summed E-state index contributed by atoms with van der Waals surface area (Å²) in [4.78, 5) is 10.7. The third kappa shape index (κ3) is 3.75. The first kappa shape index (κ1) is 26.4. The number of hydrogen-bond donors (Lipinski definition) is 0. The summed E-state index contributed by atoms with van der Waals surface area (Å²) in [6.07, 6.45) is 0. The maximum absolute atomic E-state index is 6.34. The Morgan fingerprint density at radius 3 is 1.71 bits per heavy atom. The summed E-state index contributed by atoms with van der Waals surface area (Å²) in [5.41, 5.74) is 10.8. The molecule has 11 aromatic rings. The van der Waals surface area contributed by atoms with E-state index in [1.165, 1.54) is 21.8 Å². The van der Waals surface area contributed by atoms with E-state index in [0.29, 0.717) is 0 Å². The molecule has 0 spiro atoms. The third-order valence-electron chi connectivity index (χ3n) is 9.90. The second kappa shape index (κ2) is 9.89. The van der Waals surface area contributed by atoms with Gasteiger partial charge in [0.15, 0.2) is 5.82 Å². The van der Waals surface area contributed by atoms with E-state index in [1.807, 2.05) is 36.4 Å². The van der Waals surface area contributed by atoms with E-state index in [2.05, 4.69) is 130 Å². The number of rotatable bonds is 3. The second-order valence-corrected chi connectivity index (χ2v) is 12.6. The molecule has 0 saturated carbocycles. The predicted octanol–water partition coefficient (Wildman–Crippen LogP) is 11.4. The molecular formula is C44H26N4O. The highest BCUT2D eigenvalue weighted by Gasteiger charge is 2.22. The number of hydrogen-bond acceptors (Lipinski definition) is 3. The van der Waals surface area contributed by atoms with Gasteiger partial charge in [0, 0.05) is 43.6 Å². The van der Waals surface area contributed by atoms with E-state index in [4.69, 9.17) is 14.4 Å². The zero-order chi connectivity index (χ0) is 32.1. The minimum absolute atomic E-state index is 0.784.